The van der Waals surface area contributed by atoms with E-state index in [9.17, 15) is 14.4 Å². The summed E-state index contributed by atoms with van der Waals surface area (Å²) >= 11 is 0. The van der Waals surface area contributed by atoms with E-state index in [0.717, 1.165) is 54.1 Å². The first-order valence-corrected chi connectivity index (χ1v) is 14.1. The number of aryl methyl sites for hydroxylation is 1. The van der Waals surface area contributed by atoms with Crippen LogP contribution < -0.4 is 31.5 Å². The number of rotatable bonds is 10. The third kappa shape index (κ3) is 9.34. The standard InChI is InChI=1S/C32H41N7O4/c1-6-7-30(40)36-37-31(41)11-9-23-8-10-27(39-14-12-38(4)13-15-39)19-29(23)32(42)35-22(2)24-16-25(18-28(17-24)43-5)26(20-33)21-34-3/h8,10,16-22H,9,11-15,33H2,1-5H3,(H,35,42)(H,36,40)(H,37,41)/b26-20+,34-21?/t22-/m1/s1. The molecule has 0 saturated carbocycles. The Morgan fingerprint density at radius 1 is 1.12 bits per heavy atom. The van der Waals surface area contributed by atoms with Crippen LogP contribution in [-0.4, -0.2) is 76.2 Å². The predicted octanol–water partition coefficient (Wildman–Crippen LogP) is 2.04. The number of nitrogens with one attached hydrogen (secondary N) is 3. The second-order valence-corrected chi connectivity index (χ2v) is 10.2. The maximum Gasteiger partial charge on any atom is 0.314 e. The number of methoxy groups -OCH3 is 1. The third-order valence-corrected chi connectivity index (χ3v) is 7.18. The highest BCUT2D eigenvalue weighted by Crippen LogP contribution is 2.27. The van der Waals surface area contributed by atoms with Gasteiger partial charge in [0.05, 0.1) is 13.2 Å². The monoisotopic (exact) mass is 587 g/mol. The highest BCUT2D eigenvalue weighted by Gasteiger charge is 2.21. The molecule has 1 fully saturated rings. The van der Waals surface area contributed by atoms with Crippen LogP contribution >= 0.6 is 0 Å². The highest BCUT2D eigenvalue weighted by atomic mass is 16.5. The van der Waals surface area contributed by atoms with Crippen molar-refractivity contribution in [2.24, 2.45) is 10.7 Å². The Labute approximate surface area is 253 Å². The number of hydrogen-bond acceptors (Lipinski definition) is 8. The summed E-state index contributed by atoms with van der Waals surface area (Å²) in [4.78, 5) is 46.4. The first kappa shape index (κ1) is 32.7. The van der Waals surface area contributed by atoms with Crippen molar-refractivity contribution in [3.63, 3.8) is 0 Å². The number of nitrogens with zero attached hydrogens (tertiary/aromatic N) is 3. The minimum Gasteiger partial charge on any atom is -0.497 e. The van der Waals surface area contributed by atoms with Gasteiger partial charge in [-0.3, -0.25) is 30.2 Å². The molecule has 2 aromatic rings. The maximum absolute atomic E-state index is 13.8. The van der Waals surface area contributed by atoms with Crippen molar-refractivity contribution in [1.29, 1.82) is 0 Å². The Morgan fingerprint density at radius 2 is 1.86 bits per heavy atom. The van der Waals surface area contributed by atoms with Crippen LogP contribution in [0.15, 0.2) is 47.6 Å². The molecular formula is C32H41N7O4. The number of anilines is 1. The van der Waals surface area contributed by atoms with Crippen LogP contribution in [0.25, 0.3) is 5.57 Å². The lowest BCUT2D eigenvalue weighted by Gasteiger charge is -2.34. The van der Waals surface area contributed by atoms with Crippen LogP contribution in [0, 0.1) is 11.8 Å². The van der Waals surface area contributed by atoms with E-state index in [4.69, 9.17) is 10.5 Å². The Bertz CT molecular complexity index is 1430. The molecule has 2 aromatic carbocycles. The van der Waals surface area contributed by atoms with Crippen molar-refractivity contribution in [1.82, 2.24) is 21.1 Å². The summed E-state index contributed by atoms with van der Waals surface area (Å²) in [6, 6.07) is 11.1. The van der Waals surface area contributed by atoms with Crippen LogP contribution in [0.4, 0.5) is 5.69 Å². The number of hydrazine groups is 1. The summed E-state index contributed by atoms with van der Waals surface area (Å²) in [5.41, 5.74) is 15.0. The molecule has 5 N–H and O–H groups in total. The van der Waals surface area contributed by atoms with E-state index in [2.05, 4.69) is 49.8 Å². The SMILES string of the molecule is CC#CC(=O)NNC(=O)CCc1ccc(N2CCN(C)CC2)cc1C(=O)N[C@H](C)c1cc(OC)cc(/C(C=NC)=C/N)c1. The van der Waals surface area contributed by atoms with Gasteiger partial charge >= 0.3 is 5.91 Å². The lowest BCUT2D eigenvalue weighted by Crippen LogP contribution is -2.44. The highest BCUT2D eigenvalue weighted by molar-refractivity contribution is 6.09. The molecular weight excluding hydrogens is 546 g/mol. The number of ether oxygens (including phenoxy) is 1. The zero-order valence-corrected chi connectivity index (χ0v) is 25.5. The van der Waals surface area contributed by atoms with Gasteiger partial charge in [-0.2, -0.15) is 0 Å². The summed E-state index contributed by atoms with van der Waals surface area (Å²) in [6.07, 6.45) is 3.50. The van der Waals surface area contributed by atoms with Gasteiger partial charge in [-0.25, -0.2) is 0 Å². The number of nitrogens with two attached hydrogens (primary N) is 1. The first-order valence-electron chi connectivity index (χ1n) is 14.1. The molecule has 0 radical (unpaired) electrons. The molecule has 3 rings (SSSR count). The Hall–Kier alpha value is -4.82. The minimum atomic E-state index is -0.599. The van der Waals surface area contributed by atoms with Gasteiger partial charge in [0, 0.05) is 68.9 Å². The van der Waals surface area contributed by atoms with E-state index in [0.29, 0.717) is 17.7 Å². The van der Waals surface area contributed by atoms with Crippen LogP contribution in [0.2, 0.25) is 0 Å². The topological polar surface area (TPSA) is 141 Å². The van der Waals surface area contributed by atoms with Crippen molar-refractivity contribution in [2.45, 2.75) is 32.7 Å². The molecule has 0 aliphatic carbocycles. The second kappa shape index (κ2) is 16.0. The molecule has 0 aromatic heterocycles. The number of amides is 3. The summed E-state index contributed by atoms with van der Waals surface area (Å²) < 4.78 is 5.51. The van der Waals surface area contributed by atoms with Crippen molar-refractivity contribution >= 4 is 35.2 Å². The van der Waals surface area contributed by atoms with Crippen LogP contribution in [0.1, 0.15) is 53.4 Å². The number of allylic oxidation sites excluding steroid dienone is 1. The molecule has 228 valence electrons. The first-order chi connectivity index (χ1) is 20.7. The summed E-state index contributed by atoms with van der Waals surface area (Å²) in [5.74, 6) is 4.14. The van der Waals surface area contributed by atoms with E-state index in [-0.39, 0.29) is 18.4 Å². The quantitative estimate of drug-likeness (QED) is 0.189. The number of carbonyl (C=O) groups excluding carboxylic acids is 3. The van der Waals surface area contributed by atoms with Gasteiger partial charge in [0.25, 0.3) is 5.91 Å². The molecule has 0 spiro atoms. The van der Waals surface area contributed by atoms with Crippen molar-refractivity contribution < 1.29 is 19.1 Å². The Kier molecular flexibility index (Phi) is 12.2. The lowest BCUT2D eigenvalue weighted by molar-refractivity contribution is -0.126. The molecule has 3 amide bonds. The number of benzene rings is 2. The molecule has 1 atom stereocenters. The van der Waals surface area contributed by atoms with Gasteiger partial charge in [-0.05, 0) is 80.3 Å². The van der Waals surface area contributed by atoms with Crippen molar-refractivity contribution in [3.05, 3.63) is 64.9 Å². The normalized spacial score (nSPS) is 14.4. The molecule has 11 heteroatoms. The van der Waals surface area contributed by atoms with Crippen molar-refractivity contribution in [3.8, 4) is 17.6 Å². The molecule has 1 aliphatic heterocycles. The van der Waals surface area contributed by atoms with Crippen LogP contribution in [0.5, 0.6) is 5.75 Å². The van der Waals surface area contributed by atoms with Gasteiger partial charge in [-0.15, -0.1) is 0 Å². The Morgan fingerprint density at radius 3 is 2.51 bits per heavy atom. The number of hydrogen-bond donors (Lipinski definition) is 4. The van der Waals surface area contributed by atoms with Gasteiger partial charge < -0.3 is 25.6 Å². The van der Waals surface area contributed by atoms with E-state index in [1.165, 1.54) is 13.1 Å². The Balaban J connectivity index is 1.86. The maximum atomic E-state index is 13.8. The van der Waals surface area contributed by atoms with E-state index in [1.54, 1.807) is 20.4 Å². The number of likely N-dealkylation sites (N-methyl/N-ethyl adjacent to an activating group) is 1. The summed E-state index contributed by atoms with van der Waals surface area (Å²) in [6.45, 7) is 6.98. The average molecular weight is 588 g/mol. The van der Waals surface area contributed by atoms with Gasteiger partial charge in [-0.1, -0.05) is 12.0 Å². The fraction of sp³-hybridized carbons (Fsp3) is 0.375. The predicted molar refractivity (Wildman–Crippen MR) is 170 cm³/mol. The molecule has 0 bridgehead atoms. The van der Waals surface area contributed by atoms with E-state index >= 15 is 0 Å². The molecule has 1 saturated heterocycles. The number of aliphatic imine (C=N–C) groups is 1. The van der Waals surface area contributed by atoms with Crippen LogP contribution in [-0.2, 0) is 16.0 Å². The fourth-order valence-corrected chi connectivity index (χ4v) is 4.70. The van der Waals surface area contributed by atoms with Crippen molar-refractivity contribution in [2.75, 3.05) is 52.3 Å². The largest absolute Gasteiger partial charge is 0.497 e. The zero-order chi connectivity index (χ0) is 31.4. The van der Waals surface area contributed by atoms with Gasteiger partial charge in [0.2, 0.25) is 5.91 Å². The zero-order valence-electron chi connectivity index (χ0n) is 25.5. The minimum absolute atomic E-state index is 0.0654. The summed E-state index contributed by atoms with van der Waals surface area (Å²) in [5, 5.41) is 3.12. The average Bonchev–Trinajstić information content (AvgIpc) is 3.01. The van der Waals surface area contributed by atoms with Gasteiger partial charge in [0.15, 0.2) is 0 Å². The second-order valence-electron chi connectivity index (χ2n) is 10.2. The number of piperazine rings is 1. The van der Waals surface area contributed by atoms with Crippen LogP contribution in [0.3, 0.4) is 0 Å². The van der Waals surface area contributed by atoms with E-state index < -0.39 is 11.8 Å². The molecule has 43 heavy (non-hydrogen) atoms. The smallest absolute Gasteiger partial charge is 0.314 e. The van der Waals surface area contributed by atoms with E-state index in [1.807, 2.05) is 43.3 Å². The summed E-state index contributed by atoms with van der Waals surface area (Å²) in [7, 11) is 5.34. The molecule has 11 nitrogen and oxygen atoms in total. The third-order valence-electron chi connectivity index (χ3n) is 7.18. The molecule has 1 heterocycles. The fourth-order valence-electron chi connectivity index (χ4n) is 4.70. The number of carbonyl (C=O) groups is 3. The molecule has 1 aliphatic rings. The van der Waals surface area contributed by atoms with Gasteiger partial charge in [0.1, 0.15) is 5.75 Å². The molecule has 0 unspecified atom stereocenters. The lowest BCUT2D eigenvalue weighted by atomic mass is 9.98.